The summed E-state index contributed by atoms with van der Waals surface area (Å²) in [6, 6.07) is 3.25. The zero-order chi connectivity index (χ0) is 27.9. The number of nitrogens with one attached hydrogen (secondary N) is 6. The highest BCUT2D eigenvalue weighted by Gasteiger charge is 2.34. The van der Waals surface area contributed by atoms with Gasteiger partial charge < -0.3 is 41.4 Å². The Kier molecular flexibility index (Phi) is 8.94. The number of para-hydroxylation sites is 1. The molecule has 0 aliphatic carbocycles. The molecule has 1 aliphatic heterocycles. The first kappa shape index (κ1) is 27.8. The number of aromatic nitrogens is 3. The Morgan fingerprint density at radius 3 is 2.51 bits per heavy atom. The molecule has 0 radical (unpaired) electrons. The Hall–Kier alpha value is -4.23. The number of fused-ring (bicyclic) bond motifs is 1. The number of imidazole rings is 1. The number of benzene rings is 1. The summed E-state index contributed by atoms with van der Waals surface area (Å²) in [7, 11) is 0. The molecular formula is C26H33N7O6. The summed E-state index contributed by atoms with van der Waals surface area (Å²) >= 11 is 0. The van der Waals surface area contributed by atoms with Crippen LogP contribution in [0.4, 0.5) is 0 Å². The molecule has 3 amide bonds. The van der Waals surface area contributed by atoms with Crippen LogP contribution in [0.3, 0.4) is 0 Å². The van der Waals surface area contributed by atoms with E-state index in [4.69, 9.17) is 0 Å². The van der Waals surface area contributed by atoms with Crippen molar-refractivity contribution in [2.24, 2.45) is 0 Å². The summed E-state index contributed by atoms with van der Waals surface area (Å²) in [5.74, 6) is -3.19. The van der Waals surface area contributed by atoms with E-state index in [0.29, 0.717) is 18.7 Å². The van der Waals surface area contributed by atoms with E-state index in [0.717, 1.165) is 22.9 Å². The van der Waals surface area contributed by atoms with E-state index in [-0.39, 0.29) is 18.7 Å². The molecule has 3 aromatic rings. The molecule has 0 spiro atoms. The number of carbonyl (C=O) groups excluding carboxylic acids is 3. The van der Waals surface area contributed by atoms with Gasteiger partial charge in [0.2, 0.25) is 17.7 Å². The van der Waals surface area contributed by atoms with Gasteiger partial charge >= 0.3 is 5.97 Å². The number of hydrogen-bond donors (Lipinski definition) is 8. The molecule has 13 nitrogen and oxygen atoms in total. The molecule has 39 heavy (non-hydrogen) atoms. The monoisotopic (exact) mass is 539 g/mol. The van der Waals surface area contributed by atoms with Crippen LogP contribution in [0.5, 0.6) is 0 Å². The topological polar surface area (TPSA) is 201 Å². The molecule has 0 bridgehead atoms. The molecule has 5 atom stereocenters. The second-order valence-electron chi connectivity index (χ2n) is 9.68. The molecule has 1 aliphatic rings. The SMILES string of the molecule is CC(O)C(NC(=O)C(Cc1c[nH]c2ccccc12)NC(=O)C1CCCN1)C(=O)NC(Cc1cnc[nH]1)C(=O)O. The number of carboxylic acid groups (broad SMARTS) is 1. The summed E-state index contributed by atoms with van der Waals surface area (Å²) in [6.07, 6.45) is 4.76. The van der Waals surface area contributed by atoms with Gasteiger partial charge in [-0.15, -0.1) is 0 Å². The first-order valence-corrected chi connectivity index (χ1v) is 12.8. The minimum atomic E-state index is -1.46. The number of aliphatic carboxylic acids is 1. The summed E-state index contributed by atoms with van der Waals surface area (Å²) in [5, 5.41) is 31.6. The maximum Gasteiger partial charge on any atom is 0.326 e. The standard InChI is InChI=1S/C26H33N7O6/c1-14(34)22(25(37)32-21(26(38)39)10-16-12-27-13-30-16)33-24(36)20(31-23(35)19-7-4-8-28-19)9-15-11-29-18-6-3-2-5-17(15)18/h2-3,5-6,11-14,19-22,28-29,34H,4,7-10H2,1H3,(H,27,30)(H,31,35)(H,32,37)(H,33,36)(H,38,39). The van der Waals surface area contributed by atoms with E-state index in [2.05, 4.69) is 36.2 Å². The zero-order valence-corrected chi connectivity index (χ0v) is 21.4. The molecule has 0 saturated carbocycles. The van der Waals surface area contributed by atoms with Crippen LogP contribution < -0.4 is 21.3 Å². The normalized spacial score (nSPS) is 18.2. The third-order valence-electron chi connectivity index (χ3n) is 6.76. The lowest BCUT2D eigenvalue weighted by atomic mass is 10.0. The number of nitrogens with zero attached hydrogens (tertiary/aromatic N) is 1. The van der Waals surface area contributed by atoms with E-state index in [1.54, 1.807) is 6.20 Å². The first-order chi connectivity index (χ1) is 18.7. The smallest absolute Gasteiger partial charge is 0.326 e. The fourth-order valence-electron chi connectivity index (χ4n) is 4.65. The zero-order valence-electron chi connectivity index (χ0n) is 21.4. The second kappa shape index (κ2) is 12.5. The molecule has 1 saturated heterocycles. The van der Waals surface area contributed by atoms with Crippen molar-refractivity contribution in [1.82, 2.24) is 36.2 Å². The third-order valence-corrected chi connectivity index (χ3v) is 6.76. The van der Waals surface area contributed by atoms with E-state index >= 15 is 0 Å². The largest absolute Gasteiger partial charge is 0.480 e. The van der Waals surface area contributed by atoms with Gasteiger partial charge in [-0.1, -0.05) is 18.2 Å². The van der Waals surface area contributed by atoms with Gasteiger partial charge in [0.05, 0.1) is 18.5 Å². The number of hydrogen-bond acceptors (Lipinski definition) is 7. The van der Waals surface area contributed by atoms with Crippen LogP contribution in [0, 0.1) is 0 Å². The highest BCUT2D eigenvalue weighted by molar-refractivity contribution is 5.95. The number of aromatic amines is 2. The van der Waals surface area contributed by atoms with Crippen LogP contribution in [-0.2, 0) is 32.0 Å². The first-order valence-electron chi connectivity index (χ1n) is 12.8. The van der Waals surface area contributed by atoms with Crippen molar-refractivity contribution < 1.29 is 29.4 Å². The molecule has 1 fully saturated rings. The number of aliphatic hydroxyl groups is 1. The summed E-state index contributed by atoms with van der Waals surface area (Å²) < 4.78 is 0. The van der Waals surface area contributed by atoms with Crippen molar-refractivity contribution in [2.45, 2.75) is 62.9 Å². The number of aliphatic hydroxyl groups excluding tert-OH is 1. The molecular weight excluding hydrogens is 506 g/mol. The Balaban J connectivity index is 1.50. The summed E-state index contributed by atoms with van der Waals surface area (Å²) in [5.41, 5.74) is 2.14. The van der Waals surface area contributed by atoms with E-state index < -0.39 is 48.1 Å². The van der Waals surface area contributed by atoms with E-state index in [1.807, 2.05) is 24.3 Å². The van der Waals surface area contributed by atoms with Crippen molar-refractivity contribution in [2.75, 3.05) is 6.54 Å². The van der Waals surface area contributed by atoms with Gasteiger partial charge in [-0.3, -0.25) is 14.4 Å². The van der Waals surface area contributed by atoms with Gasteiger partial charge in [-0.2, -0.15) is 0 Å². The molecule has 13 heteroatoms. The fourth-order valence-corrected chi connectivity index (χ4v) is 4.65. The highest BCUT2D eigenvalue weighted by atomic mass is 16.4. The van der Waals surface area contributed by atoms with Gasteiger partial charge in [0, 0.05) is 41.8 Å². The Morgan fingerprint density at radius 2 is 1.85 bits per heavy atom. The van der Waals surface area contributed by atoms with Crippen molar-refractivity contribution in [3.63, 3.8) is 0 Å². The molecule has 2 aromatic heterocycles. The Bertz CT molecular complexity index is 1300. The van der Waals surface area contributed by atoms with Crippen LogP contribution >= 0.6 is 0 Å². The van der Waals surface area contributed by atoms with Crippen molar-refractivity contribution in [3.05, 3.63) is 54.2 Å². The molecule has 4 rings (SSSR count). The van der Waals surface area contributed by atoms with E-state index in [9.17, 15) is 29.4 Å². The van der Waals surface area contributed by atoms with Crippen LogP contribution in [-0.4, -0.2) is 85.7 Å². The maximum atomic E-state index is 13.5. The molecule has 8 N–H and O–H groups in total. The Labute approximate surface area is 224 Å². The van der Waals surface area contributed by atoms with Gasteiger partial charge in [0.15, 0.2) is 0 Å². The Morgan fingerprint density at radius 1 is 1.05 bits per heavy atom. The van der Waals surface area contributed by atoms with Gasteiger partial charge in [-0.25, -0.2) is 9.78 Å². The van der Waals surface area contributed by atoms with Crippen LogP contribution in [0.1, 0.15) is 31.0 Å². The number of amides is 3. The van der Waals surface area contributed by atoms with Gasteiger partial charge in [0.1, 0.15) is 18.1 Å². The average molecular weight is 540 g/mol. The lowest BCUT2D eigenvalue weighted by Crippen LogP contribution is -2.60. The number of H-pyrrole nitrogens is 2. The molecule has 208 valence electrons. The average Bonchev–Trinajstić information content (AvgIpc) is 3.69. The maximum absolute atomic E-state index is 13.5. The van der Waals surface area contributed by atoms with Crippen LogP contribution in [0.15, 0.2) is 43.0 Å². The summed E-state index contributed by atoms with van der Waals surface area (Å²) in [4.78, 5) is 60.9. The number of carboxylic acids is 1. The predicted octanol–water partition coefficient (Wildman–Crippen LogP) is -0.652. The highest BCUT2D eigenvalue weighted by Crippen LogP contribution is 2.19. The van der Waals surface area contributed by atoms with Crippen molar-refractivity contribution in [1.29, 1.82) is 0 Å². The second-order valence-corrected chi connectivity index (χ2v) is 9.68. The van der Waals surface area contributed by atoms with Crippen LogP contribution in [0.2, 0.25) is 0 Å². The lowest BCUT2D eigenvalue weighted by molar-refractivity contribution is -0.143. The number of rotatable bonds is 12. The van der Waals surface area contributed by atoms with Crippen LogP contribution in [0.25, 0.3) is 10.9 Å². The molecule has 5 unspecified atom stereocenters. The van der Waals surface area contributed by atoms with Gasteiger partial charge in [0.25, 0.3) is 0 Å². The van der Waals surface area contributed by atoms with Crippen molar-refractivity contribution in [3.8, 4) is 0 Å². The van der Waals surface area contributed by atoms with Crippen molar-refractivity contribution >= 4 is 34.6 Å². The fraction of sp³-hybridized carbons (Fsp3) is 0.423. The molecule has 3 heterocycles. The summed E-state index contributed by atoms with van der Waals surface area (Å²) in [6.45, 7) is 2.01. The van der Waals surface area contributed by atoms with E-state index in [1.165, 1.54) is 19.4 Å². The number of carbonyl (C=O) groups is 4. The third kappa shape index (κ3) is 7.00. The quantitative estimate of drug-likeness (QED) is 0.148. The van der Waals surface area contributed by atoms with Gasteiger partial charge in [-0.05, 0) is 37.9 Å². The minimum absolute atomic E-state index is 0.0742. The predicted molar refractivity (Wildman–Crippen MR) is 140 cm³/mol. The minimum Gasteiger partial charge on any atom is -0.480 e. The lowest BCUT2D eigenvalue weighted by Gasteiger charge is -2.26. The molecule has 1 aromatic carbocycles.